The van der Waals surface area contributed by atoms with E-state index in [1.807, 2.05) is 16.0 Å². The van der Waals surface area contributed by atoms with E-state index in [-0.39, 0.29) is 10.9 Å². The van der Waals surface area contributed by atoms with Gasteiger partial charge in [-0.1, -0.05) is 6.07 Å². The summed E-state index contributed by atoms with van der Waals surface area (Å²) in [6.07, 6.45) is 1.21. The summed E-state index contributed by atoms with van der Waals surface area (Å²) in [6, 6.07) is 7.34. The summed E-state index contributed by atoms with van der Waals surface area (Å²) in [5.41, 5.74) is 2.54. The summed E-state index contributed by atoms with van der Waals surface area (Å²) >= 11 is 7.03. The van der Waals surface area contributed by atoms with Crippen molar-refractivity contribution in [2.45, 2.75) is 17.9 Å². The van der Waals surface area contributed by atoms with Crippen molar-refractivity contribution >= 4 is 44.4 Å². The van der Waals surface area contributed by atoms with Gasteiger partial charge in [-0.2, -0.15) is 11.3 Å². The molecule has 7 heteroatoms. The molecule has 0 spiro atoms. The number of thiophene rings is 1. The van der Waals surface area contributed by atoms with Gasteiger partial charge >= 0.3 is 0 Å². The Kier molecular flexibility index (Phi) is 3.51. The van der Waals surface area contributed by atoms with Crippen LogP contribution in [0.15, 0.2) is 39.9 Å². The van der Waals surface area contributed by atoms with E-state index in [1.165, 1.54) is 6.26 Å². The van der Waals surface area contributed by atoms with Gasteiger partial charge in [0.2, 0.25) is 0 Å². The molecule has 0 saturated carbocycles. The van der Waals surface area contributed by atoms with Gasteiger partial charge < -0.3 is 9.55 Å². The number of sulfone groups is 1. The van der Waals surface area contributed by atoms with Crippen molar-refractivity contribution in [2.24, 2.45) is 0 Å². The normalized spacial score (nSPS) is 13.6. The van der Waals surface area contributed by atoms with E-state index in [9.17, 15) is 8.42 Å². The number of rotatable bonds is 3. The number of H-pyrrole nitrogens is 1. The highest BCUT2D eigenvalue weighted by Crippen LogP contribution is 2.28. The summed E-state index contributed by atoms with van der Waals surface area (Å²) in [6.45, 7) is 2.05. The molecular formula is C14H14N2O2S3. The van der Waals surface area contributed by atoms with Crippen molar-refractivity contribution in [2.75, 3.05) is 6.26 Å². The number of hydrogen-bond acceptors (Lipinski definition) is 4. The van der Waals surface area contributed by atoms with Gasteiger partial charge in [0.05, 0.1) is 22.0 Å². The zero-order valence-corrected chi connectivity index (χ0v) is 14.0. The first kappa shape index (κ1) is 14.5. The average molecular weight is 338 g/mol. The topological polar surface area (TPSA) is 54.9 Å². The molecule has 2 heterocycles. The molecule has 0 aliphatic rings. The summed E-state index contributed by atoms with van der Waals surface area (Å²) in [7, 11) is -3.30. The lowest BCUT2D eigenvalue weighted by molar-refractivity contribution is 0.602. The highest BCUT2D eigenvalue weighted by molar-refractivity contribution is 7.91. The van der Waals surface area contributed by atoms with Crippen LogP contribution in [-0.2, 0) is 9.84 Å². The largest absolute Gasteiger partial charge is 0.329 e. The van der Waals surface area contributed by atoms with E-state index in [0.29, 0.717) is 10.3 Å². The lowest BCUT2D eigenvalue weighted by atomic mass is 10.2. The van der Waals surface area contributed by atoms with Crippen LogP contribution in [-0.4, -0.2) is 24.2 Å². The second kappa shape index (κ2) is 5.08. The molecule has 1 aromatic carbocycles. The monoisotopic (exact) mass is 338 g/mol. The number of benzene rings is 1. The number of fused-ring (bicyclic) bond motifs is 1. The second-order valence-electron chi connectivity index (χ2n) is 4.96. The third-order valence-electron chi connectivity index (χ3n) is 3.53. The molecule has 0 amide bonds. The molecule has 2 aromatic heterocycles. The molecule has 0 saturated heterocycles. The van der Waals surface area contributed by atoms with Crippen LogP contribution in [0.3, 0.4) is 0 Å². The van der Waals surface area contributed by atoms with E-state index in [1.54, 1.807) is 23.5 Å². The first-order chi connectivity index (χ1) is 9.89. The van der Waals surface area contributed by atoms with Crippen molar-refractivity contribution in [3.05, 3.63) is 45.4 Å². The Bertz CT molecular complexity index is 950. The Morgan fingerprint density at radius 1 is 1.33 bits per heavy atom. The average Bonchev–Trinajstić information content (AvgIpc) is 3.02. The van der Waals surface area contributed by atoms with Gasteiger partial charge in [0, 0.05) is 6.26 Å². The molecule has 1 atom stereocenters. The highest BCUT2D eigenvalue weighted by Gasteiger charge is 2.18. The predicted molar refractivity (Wildman–Crippen MR) is 88.4 cm³/mol. The summed E-state index contributed by atoms with van der Waals surface area (Å²) in [5.74, 6) is 0. The maximum Gasteiger partial charge on any atom is 0.178 e. The van der Waals surface area contributed by atoms with Crippen LogP contribution in [0.5, 0.6) is 0 Å². The van der Waals surface area contributed by atoms with E-state index in [2.05, 4.69) is 23.4 Å². The quantitative estimate of drug-likeness (QED) is 0.740. The summed E-state index contributed by atoms with van der Waals surface area (Å²) in [5, 5.41) is 4.10. The molecule has 0 aliphatic carbocycles. The molecule has 0 bridgehead atoms. The van der Waals surface area contributed by atoms with Gasteiger partial charge in [0.25, 0.3) is 0 Å². The highest BCUT2D eigenvalue weighted by atomic mass is 32.2. The van der Waals surface area contributed by atoms with Gasteiger partial charge in [-0.15, -0.1) is 0 Å². The van der Waals surface area contributed by atoms with Gasteiger partial charge in [-0.25, -0.2) is 8.42 Å². The van der Waals surface area contributed by atoms with Gasteiger partial charge in [0.15, 0.2) is 14.6 Å². The number of aromatic amines is 1. The molecule has 110 valence electrons. The van der Waals surface area contributed by atoms with Gasteiger partial charge in [0.1, 0.15) is 0 Å². The number of nitrogens with zero attached hydrogens (tertiary/aromatic N) is 1. The van der Waals surface area contributed by atoms with Crippen LogP contribution >= 0.6 is 23.6 Å². The molecule has 0 fully saturated rings. The molecule has 1 N–H and O–H groups in total. The Hall–Kier alpha value is -1.44. The third kappa shape index (κ3) is 2.45. The number of aromatic nitrogens is 2. The molecule has 21 heavy (non-hydrogen) atoms. The first-order valence-corrected chi connectivity index (χ1v) is 9.59. The SMILES string of the molecule is CC(c1ccsc1)n1c(=S)[nH]c2c(S(C)(=O)=O)cccc21. The van der Waals surface area contributed by atoms with Gasteiger partial charge in [-0.05, 0) is 53.7 Å². The van der Waals surface area contributed by atoms with E-state index in [0.717, 1.165) is 11.1 Å². The minimum Gasteiger partial charge on any atom is -0.329 e. The van der Waals surface area contributed by atoms with Crippen molar-refractivity contribution in [1.82, 2.24) is 9.55 Å². The fourth-order valence-electron chi connectivity index (χ4n) is 2.48. The molecule has 4 nitrogen and oxygen atoms in total. The minimum absolute atomic E-state index is 0.0484. The summed E-state index contributed by atoms with van der Waals surface area (Å²) < 4.78 is 26.3. The lowest BCUT2D eigenvalue weighted by Gasteiger charge is -2.13. The van der Waals surface area contributed by atoms with Crippen LogP contribution in [0, 0.1) is 4.77 Å². The Morgan fingerprint density at radius 3 is 2.71 bits per heavy atom. The predicted octanol–water partition coefficient (Wildman–Crippen LogP) is 3.77. The lowest BCUT2D eigenvalue weighted by Crippen LogP contribution is -2.06. The number of nitrogens with one attached hydrogen (secondary N) is 1. The smallest absolute Gasteiger partial charge is 0.178 e. The maximum absolute atomic E-state index is 11.9. The molecule has 3 aromatic rings. The van der Waals surface area contributed by atoms with Crippen molar-refractivity contribution < 1.29 is 8.42 Å². The Labute approximate surface area is 132 Å². The van der Waals surface area contributed by atoms with Crippen LogP contribution in [0.2, 0.25) is 0 Å². The van der Waals surface area contributed by atoms with E-state index >= 15 is 0 Å². The molecule has 3 rings (SSSR count). The second-order valence-corrected chi connectivity index (χ2v) is 8.11. The zero-order valence-electron chi connectivity index (χ0n) is 11.5. The third-order valence-corrected chi connectivity index (χ3v) is 5.67. The van der Waals surface area contributed by atoms with Crippen LogP contribution < -0.4 is 0 Å². The van der Waals surface area contributed by atoms with E-state index in [4.69, 9.17) is 12.2 Å². The Balaban J connectivity index is 2.31. The molecule has 0 radical (unpaired) electrons. The van der Waals surface area contributed by atoms with Crippen molar-refractivity contribution in [3.63, 3.8) is 0 Å². The number of imidazole rings is 1. The maximum atomic E-state index is 11.9. The Morgan fingerprint density at radius 2 is 2.10 bits per heavy atom. The molecule has 0 aliphatic heterocycles. The van der Waals surface area contributed by atoms with E-state index < -0.39 is 9.84 Å². The van der Waals surface area contributed by atoms with Crippen LogP contribution in [0.4, 0.5) is 0 Å². The first-order valence-electron chi connectivity index (χ1n) is 6.35. The van der Waals surface area contributed by atoms with Crippen LogP contribution in [0.1, 0.15) is 18.5 Å². The van der Waals surface area contributed by atoms with Crippen molar-refractivity contribution in [3.8, 4) is 0 Å². The number of para-hydroxylation sites is 1. The minimum atomic E-state index is -3.30. The fourth-order valence-corrected chi connectivity index (χ4v) is 4.44. The summed E-state index contributed by atoms with van der Waals surface area (Å²) in [4.78, 5) is 3.33. The zero-order chi connectivity index (χ0) is 15.2. The molecular weight excluding hydrogens is 324 g/mol. The number of hydrogen-bond donors (Lipinski definition) is 1. The molecule has 1 unspecified atom stereocenters. The fraction of sp³-hybridized carbons (Fsp3) is 0.214. The standard InChI is InChI=1S/C14H14N2O2S3/c1-9(10-6-7-20-8-10)16-11-4-3-5-12(21(2,17)18)13(11)15-14(16)19/h3-9H,1-2H3,(H,15,19). The van der Waals surface area contributed by atoms with Crippen molar-refractivity contribution in [1.29, 1.82) is 0 Å². The van der Waals surface area contributed by atoms with Crippen LogP contribution in [0.25, 0.3) is 11.0 Å². The van der Waals surface area contributed by atoms with Gasteiger partial charge in [-0.3, -0.25) is 0 Å².